The Morgan fingerprint density at radius 1 is 1.22 bits per heavy atom. The van der Waals surface area contributed by atoms with Gasteiger partial charge in [0.2, 0.25) is 11.8 Å². The second kappa shape index (κ2) is 5.29. The average Bonchev–Trinajstić information content (AvgIpc) is 3.05. The van der Waals surface area contributed by atoms with Crippen molar-refractivity contribution in [2.24, 2.45) is 7.05 Å². The summed E-state index contributed by atoms with van der Waals surface area (Å²) in [6.45, 7) is 9.97. The van der Waals surface area contributed by atoms with Gasteiger partial charge in [0.05, 0.1) is 11.6 Å². The molecule has 23 heavy (non-hydrogen) atoms. The summed E-state index contributed by atoms with van der Waals surface area (Å²) in [5.74, 6) is 2.54. The standard InChI is InChI=1S/C15H21N7O/c1-8(13-21-20-9(2)23-13)17-11-10-7-16-22(6)12(10)19-14(18-11)15(3,4)5/h7-8H,1-6H3,(H,17,18,19)/t8-/m1/s1. The number of hydrogen-bond acceptors (Lipinski definition) is 7. The molecular formula is C15H21N7O. The summed E-state index contributed by atoms with van der Waals surface area (Å²) in [6, 6.07) is -0.165. The monoisotopic (exact) mass is 315 g/mol. The summed E-state index contributed by atoms with van der Waals surface area (Å²) < 4.78 is 7.23. The van der Waals surface area contributed by atoms with Gasteiger partial charge in [-0.15, -0.1) is 10.2 Å². The van der Waals surface area contributed by atoms with E-state index in [2.05, 4.69) is 46.4 Å². The highest BCUT2D eigenvalue weighted by molar-refractivity contribution is 5.86. The van der Waals surface area contributed by atoms with E-state index < -0.39 is 0 Å². The Morgan fingerprint density at radius 3 is 2.57 bits per heavy atom. The van der Waals surface area contributed by atoms with Gasteiger partial charge in [-0.05, 0) is 6.92 Å². The number of nitrogens with zero attached hydrogens (tertiary/aromatic N) is 6. The summed E-state index contributed by atoms with van der Waals surface area (Å²) in [7, 11) is 1.87. The lowest BCUT2D eigenvalue weighted by molar-refractivity contribution is 0.450. The Labute approximate surface area is 134 Å². The summed E-state index contributed by atoms with van der Waals surface area (Å²) >= 11 is 0. The Hall–Kier alpha value is -2.51. The van der Waals surface area contributed by atoms with Crippen LogP contribution in [0.2, 0.25) is 0 Å². The number of anilines is 1. The fraction of sp³-hybridized carbons (Fsp3) is 0.533. The maximum absolute atomic E-state index is 5.48. The van der Waals surface area contributed by atoms with Gasteiger partial charge >= 0.3 is 0 Å². The highest BCUT2D eigenvalue weighted by atomic mass is 16.4. The summed E-state index contributed by atoms with van der Waals surface area (Å²) in [6.07, 6.45) is 1.76. The third kappa shape index (κ3) is 2.88. The van der Waals surface area contributed by atoms with E-state index in [4.69, 9.17) is 9.40 Å². The van der Waals surface area contributed by atoms with E-state index >= 15 is 0 Å². The van der Waals surface area contributed by atoms with E-state index in [0.29, 0.717) is 11.8 Å². The van der Waals surface area contributed by atoms with Crippen LogP contribution in [-0.4, -0.2) is 29.9 Å². The van der Waals surface area contributed by atoms with Crippen LogP contribution in [0.25, 0.3) is 11.0 Å². The molecule has 0 aromatic carbocycles. The van der Waals surface area contributed by atoms with Gasteiger partial charge in [-0.3, -0.25) is 4.68 Å². The Balaban J connectivity index is 2.05. The number of aromatic nitrogens is 6. The molecular weight excluding hydrogens is 294 g/mol. The molecule has 0 aliphatic carbocycles. The van der Waals surface area contributed by atoms with Crippen LogP contribution in [0.5, 0.6) is 0 Å². The fourth-order valence-electron chi connectivity index (χ4n) is 2.22. The van der Waals surface area contributed by atoms with E-state index in [1.807, 2.05) is 14.0 Å². The van der Waals surface area contributed by atoms with Crippen LogP contribution in [0.1, 0.15) is 51.3 Å². The van der Waals surface area contributed by atoms with Gasteiger partial charge in [-0.25, -0.2) is 9.97 Å². The van der Waals surface area contributed by atoms with Gasteiger partial charge in [0.15, 0.2) is 5.65 Å². The maximum Gasteiger partial charge on any atom is 0.238 e. The third-order valence-corrected chi connectivity index (χ3v) is 3.53. The molecule has 0 bridgehead atoms. The van der Waals surface area contributed by atoms with Crippen molar-refractivity contribution in [1.29, 1.82) is 0 Å². The van der Waals surface area contributed by atoms with E-state index in [1.165, 1.54) is 0 Å². The molecule has 1 N–H and O–H groups in total. The van der Waals surface area contributed by atoms with Gasteiger partial charge in [-0.2, -0.15) is 5.10 Å². The van der Waals surface area contributed by atoms with Crippen LogP contribution < -0.4 is 5.32 Å². The van der Waals surface area contributed by atoms with E-state index in [1.54, 1.807) is 17.8 Å². The van der Waals surface area contributed by atoms with Crippen LogP contribution in [0.3, 0.4) is 0 Å². The second-order valence-corrected chi connectivity index (χ2v) is 6.68. The molecule has 8 heteroatoms. The first kappa shape index (κ1) is 15.4. The maximum atomic E-state index is 5.48. The van der Waals surface area contributed by atoms with Gasteiger partial charge in [-0.1, -0.05) is 20.8 Å². The lowest BCUT2D eigenvalue weighted by Crippen LogP contribution is -2.18. The topological polar surface area (TPSA) is 94.5 Å². The van der Waals surface area contributed by atoms with Gasteiger partial charge in [0, 0.05) is 19.4 Å². The molecule has 3 aromatic heterocycles. The predicted molar refractivity (Wildman–Crippen MR) is 86.1 cm³/mol. The fourth-order valence-corrected chi connectivity index (χ4v) is 2.22. The molecule has 0 unspecified atom stereocenters. The third-order valence-electron chi connectivity index (χ3n) is 3.53. The molecule has 0 aliphatic rings. The number of fused-ring (bicyclic) bond motifs is 1. The molecule has 0 aliphatic heterocycles. The van der Waals surface area contributed by atoms with Crippen molar-refractivity contribution in [1.82, 2.24) is 29.9 Å². The quantitative estimate of drug-likeness (QED) is 0.793. The number of nitrogens with one attached hydrogen (secondary N) is 1. The normalized spacial score (nSPS) is 13.5. The van der Waals surface area contributed by atoms with Crippen LogP contribution in [0, 0.1) is 6.92 Å². The molecule has 3 aromatic rings. The molecule has 122 valence electrons. The van der Waals surface area contributed by atoms with Crippen LogP contribution in [0.4, 0.5) is 5.82 Å². The SMILES string of the molecule is Cc1nnc([C@@H](C)Nc2nc(C(C)(C)C)nc3c2cnn3C)o1. The zero-order chi connectivity index (χ0) is 16.8. The van der Waals surface area contributed by atoms with Crippen LogP contribution >= 0.6 is 0 Å². The second-order valence-electron chi connectivity index (χ2n) is 6.68. The van der Waals surface area contributed by atoms with Crippen molar-refractivity contribution in [2.75, 3.05) is 5.32 Å². The highest BCUT2D eigenvalue weighted by Gasteiger charge is 2.23. The van der Waals surface area contributed by atoms with Gasteiger partial charge in [0.1, 0.15) is 17.7 Å². The Kier molecular flexibility index (Phi) is 3.54. The number of hydrogen-bond donors (Lipinski definition) is 1. The number of aryl methyl sites for hydroxylation is 2. The molecule has 8 nitrogen and oxygen atoms in total. The minimum absolute atomic E-state index is 0.165. The minimum Gasteiger partial charge on any atom is -0.423 e. The summed E-state index contributed by atoms with van der Waals surface area (Å²) in [5, 5.41) is 16.4. The van der Waals surface area contributed by atoms with Crippen molar-refractivity contribution in [3.05, 3.63) is 23.8 Å². The van der Waals surface area contributed by atoms with Crippen molar-refractivity contribution in [3.8, 4) is 0 Å². The minimum atomic E-state index is -0.167. The first-order valence-corrected chi connectivity index (χ1v) is 7.52. The smallest absolute Gasteiger partial charge is 0.238 e. The summed E-state index contributed by atoms with van der Waals surface area (Å²) in [4.78, 5) is 9.34. The highest BCUT2D eigenvalue weighted by Crippen LogP contribution is 2.28. The molecule has 0 radical (unpaired) electrons. The molecule has 0 spiro atoms. The molecule has 3 rings (SSSR count). The van der Waals surface area contributed by atoms with Gasteiger partial charge in [0.25, 0.3) is 0 Å². The lowest BCUT2D eigenvalue weighted by atomic mass is 9.95. The predicted octanol–water partition coefficient (Wildman–Crippen LogP) is 2.53. The van der Waals surface area contributed by atoms with Gasteiger partial charge < -0.3 is 9.73 Å². The Morgan fingerprint density at radius 2 is 1.96 bits per heavy atom. The molecule has 0 amide bonds. The van der Waals surface area contributed by atoms with Crippen LogP contribution in [0.15, 0.2) is 10.6 Å². The van der Waals surface area contributed by atoms with E-state index in [0.717, 1.165) is 22.7 Å². The summed E-state index contributed by atoms with van der Waals surface area (Å²) in [5.41, 5.74) is 0.625. The largest absolute Gasteiger partial charge is 0.423 e. The Bertz CT molecular complexity index is 843. The van der Waals surface area contributed by atoms with E-state index in [-0.39, 0.29) is 11.5 Å². The zero-order valence-electron chi connectivity index (χ0n) is 14.2. The zero-order valence-corrected chi connectivity index (χ0v) is 14.2. The first-order chi connectivity index (χ1) is 10.8. The van der Waals surface area contributed by atoms with Crippen LogP contribution in [-0.2, 0) is 12.5 Å². The first-order valence-electron chi connectivity index (χ1n) is 7.52. The van der Waals surface area contributed by atoms with Crippen molar-refractivity contribution < 1.29 is 4.42 Å². The molecule has 0 saturated heterocycles. The lowest BCUT2D eigenvalue weighted by Gasteiger charge is -2.19. The average molecular weight is 315 g/mol. The van der Waals surface area contributed by atoms with Crippen molar-refractivity contribution in [2.45, 2.75) is 46.1 Å². The van der Waals surface area contributed by atoms with Crippen molar-refractivity contribution >= 4 is 16.9 Å². The molecule has 0 saturated carbocycles. The molecule has 3 heterocycles. The van der Waals surface area contributed by atoms with E-state index in [9.17, 15) is 0 Å². The molecule has 1 atom stereocenters. The number of rotatable bonds is 3. The van der Waals surface area contributed by atoms with Crippen molar-refractivity contribution in [3.63, 3.8) is 0 Å². The molecule has 0 fully saturated rings.